The lowest BCUT2D eigenvalue weighted by Gasteiger charge is -2.60. The predicted octanol–water partition coefficient (Wildman–Crippen LogP) is 4.78. The van der Waals surface area contributed by atoms with Gasteiger partial charge in [0.05, 0.1) is 6.10 Å². The molecule has 0 saturated heterocycles. The maximum Gasteiger partial charge on any atom is 0.0596 e. The Morgan fingerprint density at radius 3 is 2.40 bits per heavy atom. The molecule has 0 heterocycles. The first kappa shape index (κ1) is 13.6. The van der Waals surface area contributed by atoms with E-state index in [0.29, 0.717) is 5.41 Å². The summed E-state index contributed by atoms with van der Waals surface area (Å²) in [5, 5.41) is 10.5. The molecule has 4 fully saturated rings. The fourth-order valence-electron chi connectivity index (χ4n) is 7.27. The molecule has 114 valence electrons. The largest absolute Gasteiger partial charge is 0.393 e. The first-order chi connectivity index (χ1) is 9.56. The predicted molar refractivity (Wildman–Crippen MR) is 82.4 cm³/mol. The third kappa shape index (κ3) is 1.65. The summed E-state index contributed by atoms with van der Waals surface area (Å²) < 4.78 is 0. The van der Waals surface area contributed by atoms with Gasteiger partial charge in [-0.2, -0.15) is 0 Å². The molecule has 1 nitrogen and oxygen atoms in total. The fraction of sp³-hybridized carbons (Fsp3) is 1.00. The van der Waals surface area contributed by atoms with Crippen molar-refractivity contribution in [3.05, 3.63) is 0 Å². The van der Waals surface area contributed by atoms with Gasteiger partial charge in [-0.3, -0.25) is 0 Å². The smallest absolute Gasteiger partial charge is 0.0596 e. The standard InChI is InChI=1S/C19H32O/c1-18-11-4-3-5-13(18)6-7-14-15-8-9-17(20)19(15,2)12-10-16(14)18/h13-17,20H,3-12H2,1-2H3/t13-,14+,15-,16+,17+,18+,19+/m1/s1. The van der Waals surface area contributed by atoms with E-state index in [9.17, 15) is 5.11 Å². The fourth-order valence-corrected chi connectivity index (χ4v) is 7.27. The highest BCUT2D eigenvalue weighted by molar-refractivity contribution is 5.08. The van der Waals surface area contributed by atoms with Gasteiger partial charge in [-0.05, 0) is 85.9 Å². The minimum atomic E-state index is -0.00895. The van der Waals surface area contributed by atoms with Gasteiger partial charge in [0.25, 0.3) is 0 Å². The second-order valence-corrected chi connectivity index (χ2v) is 9.04. The zero-order chi connectivity index (χ0) is 14.0. The molecule has 1 heteroatoms. The Hall–Kier alpha value is -0.0400. The van der Waals surface area contributed by atoms with Crippen LogP contribution in [0.1, 0.15) is 78.1 Å². The zero-order valence-electron chi connectivity index (χ0n) is 13.4. The normalized spacial score (nSPS) is 58.6. The molecule has 4 rings (SSSR count). The van der Waals surface area contributed by atoms with Crippen LogP contribution in [0.25, 0.3) is 0 Å². The van der Waals surface area contributed by atoms with E-state index in [-0.39, 0.29) is 11.5 Å². The van der Waals surface area contributed by atoms with Crippen molar-refractivity contribution < 1.29 is 5.11 Å². The van der Waals surface area contributed by atoms with Gasteiger partial charge in [0, 0.05) is 0 Å². The maximum atomic E-state index is 10.5. The quantitative estimate of drug-likeness (QED) is 0.675. The van der Waals surface area contributed by atoms with Gasteiger partial charge in [0.2, 0.25) is 0 Å². The highest BCUT2D eigenvalue weighted by atomic mass is 16.3. The number of fused-ring (bicyclic) bond motifs is 5. The Morgan fingerprint density at radius 2 is 1.55 bits per heavy atom. The van der Waals surface area contributed by atoms with Gasteiger partial charge in [0.15, 0.2) is 0 Å². The van der Waals surface area contributed by atoms with Gasteiger partial charge in [0.1, 0.15) is 0 Å². The van der Waals surface area contributed by atoms with E-state index in [0.717, 1.165) is 30.1 Å². The third-order valence-electron chi connectivity index (χ3n) is 8.53. The number of rotatable bonds is 0. The molecule has 0 amide bonds. The van der Waals surface area contributed by atoms with Crippen LogP contribution < -0.4 is 0 Å². The van der Waals surface area contributed by atoms with Gasteiger partial charge in [-0.15, -0.1) is 0 Å². The van der Waals surface area contributed by atoms with Crippen molar-refractivity contribution in [2.75, 3.05) is 0 Å². The Kier molecular flexibility index (Phi) is 3.05. The van der Waals surface area contributed by atoms with Crippen molar-refractivity contribution in [3.8, 4) is 0 Å². The van der Waals surface area contributed by atoms with E-state index >= 15 is 0 Å². The van der Waals surface area contributed by atoms with Crippen molar-refractivity contribution in [2.24, 2.45) is 34.5 Å². The molecule has 0 unspecified atom stereocenters. The molecule has 0 aromatic carbocycles. The minimum Gasteiger partial charge on any atom is -0.393 e. The van der Waals surface area contributed by atoms with Crippen molar-refractivity contribution in [1.82, 2.24) is 0 Å². The Balaban J connectivity index is 1.64. The molecule has 1 N–H and O–H groups in total. The van der Waals surface area contributed by atoms with E-state index in [1.165, 1.54) is 57.8 Å². The van der Waals surface area contributed by atoms with Crippen LogP contribution in [0, 0.1) is 34.5 Å². The number of aliphatic hydroxyl groups excluding tert-OH is 1. The second kappa shape index (κ2) is 4.48. The molecule has 0 aromatic rings. The summed E-state index contributed by atoms with van der Waals surface area (Å²) in [5.41, 5.74) is 0.912. The molecule has 0 aromatic heterocycles. The highest BCUT2D eigenvalue weighted by Crippen LogP contribution is 2.66. The third-order valence-corrected chi connectivity index (χ3v) is 8.53. The Bertz CT molecular complexity index is 391. The van der Waals surface area contributed by atoms with E-state index in [2.05, 4.69) is 13.8 Å². The lowest BCUT2D eigenvalue weighted by Crippen LogP contribution is -2.53. The zero-order valence-corrected chi connectivity index (χ0v) is 13.4. The number of hydrogen-bond acceptors (Lipinski definition) is 1. The number of aliphatic hydroxyl groups is 1. The summed E-state index contributed by atoms with van der Waals surface area (Å²) in [4.78, 5) is 0. The average Bonchev–Trinajstić information content (AvgIpc) is 2.74. The van der Waals surface area contributed by atoms with Gasteiger partial charge < -0.3 is 5.11 Å². The molecule has 4 aliphatic carbocycles. The SMILES string of the molecule is C[C@]12CC[C@H]3[C@@H](CC[C@H]4CCCC[C@@]43C)[C@H]1CC[C@@H]2O. The summed E-state index contributed by atoms with van der Waals surface area (Å²) >= 11 is 0. The molecular weight excluding hydrogens is 244 g/mol. The summed E-state index contributed by atoms with van der Waals surface area (Å²) in [7, 11) is 0. The summed E-state index contributed by atoms with van der Waals surface area (Å²) in [6.45, 7) is 5.04. The summed E-state index contributed by atoms with van der Waals surface area (Å²) in [5.74, 6) is 3.76. The van der Waals surface area contributed by atoms with E-state index in [4.69, 9.17) is 0 Å². The van der Waals surface area contributed by atoms with Crippen molar-refractivity contribution in [3.63, 3.8) is 0 Å². The van der Waals surface area contributed by atoms with Crippen LogP contribution in [0.5, 0.6) is 0 Å². The molecule has 20 heavy (non-hydrogen) atoms. The summed E-state index contributed by atoms with van der Waals surface area (Å²) in [6.07, 6.45) is 14.0. The highest BCUT2D eigenvalue weighted by Gasteiger charge is 2.59. The maximum absolute atomic E-state index is 10.5. The molecule has 0 radical (unpaired) electrons. The van der Waals surface area contributed by atoms with E-state index in [1.807, 2.05) is 0 Å². The van der Waals surface area contributed by atoms with Crippen molar-refractivity contribution >= 4 is 0 Å². The molecule has 4 saturated carbocycles. The van der Waals surface area contributed by atoms with Crippen LogP contribution in [-0.4, -0.2) is 11.2 Å². The monoisotopic (exact) mass is 276 g/mol. The Labute approximate surface area is 124 Å². The van der Waals surface area contributed by atoms with Crippen LogP contribution in [0.15, 0.2) is 0 Å². The molecule has 4 aliphatic rings. The molecule has 0 spiro atoms. The minimum absolute atomic E-state index is 0.00895. The average molecular weight is 276 g/mol. The number of hydrogen-bond donors (Lipinski definition) is 1. The Morgan fingerprint density at radius 1 is 0.750 bits per heavy atom. The van der Waals surface area contributed by atoms with Crippen LogP contribution in [0.2, 0.25) is 0 Å². The van der Waals surface area contributed by atoms with Gasteiger partial charge in [-0.1, -0.05) is 26.7 Å². The van der Waals surface area contributed by atoms with E-state index < -0.39 is 0 Å². The lowest BCUT2D eigenvalue weighted by atomic mass is 9.45. The molecule has 7 atom stereocenters. The van der Waals surface area contributed by atoms with Crippen LogP contribution in [0.3, 0.4) is 0 Å². The van der Waals surface area contributed by atoms with Gasteiger partial charge in [-0.25, -0.2) is 0 Å². The van der Waals surface area contributed by atoms with E-state index in [1.54, 1.807) is 0 Å². The first-order valence-corrected chi connectivity index (χ1v) is 9.24. The van der Waals surface area contributed by atoms with Crippen LogP contribution in [0.4, 0.5) is 0 Å². The first-order valence-electron chi connectivity index (χ1n) is 9.24. The second-order valence-electron chi connectivity index (χ2n) is 9.04. The van der Waals surface area contributed by atoms with Crippen molar-refractivity contribution in [2.45, 2.75) is 84.2 Å². The molecular formula is C19H32O. The summed E-state index contributed by atoms with van der Waals surface area (Å²) in [6, 6.07) is 0. The van der Waals surface area contributed by atoms with Crippen LogP contribution >= 0.6 is 0 Å². The molecule has 0 aliphatic heterocycles. The van der Waals surface area contributed by atoms with Gasteiger partial charge >= 0.3 is 0 Å². The lowest BCUT2D eigenvalue weighted by molar-refractivity contribution is -0.120. The molecule has 0 bridgehead atoms. The topological polar surface area (TPSA) is 20.2 Å². The van der Waals surface area contributed by atoms with Crippen molar-refractivity contribution in [1.29, 1.82) is 0 Å². The van der Waals surface area contributed by atoms with Crippen LogP contribution in [-0.2, 0) is 0 Å².